The summed E-state index contributed by atoms with van der Waals surface area (Å²) in [7, 11) is 3.62. The molecule has 0 spiro atoms. The largest absolute Gasteiger partial charge is 0.375 e. The monoisotopic (exact) mass is 241 g/mol. The first-order valence-electron chi connectivity index (χ1n) is 6.41. The van der Waals surface area contributed by atoms with Gasteiger partial charge in [-0.15, -0.1) is 0 Å². The molecule has 0 bridgehead atoms. The van der Waals surface area contributed by atoms with Crippen molar-refractivity contribution in [3.63, 3.8) is 0 Å². The SMILES string of the molecule is CN(C)C(=O)CN1CCO[C@@H]2CNCC[C@@H]2C1. The summed E-state index contributed by atoms with van der Waals surface area (Å²) in [6.45, 7) is 5.15. The fourth-order valence-electron chi connectivity index (χ4n) is 2.52. The average Bonchev–Trinajstić information content (AvgIpc) is 2.50. The van der Waals surface area contributed by atoms with Gasteiger partial charge in [0.15, 0.2) is 0 Å². The highest BCUT2D eigenvalue weighted by molar-refractivity contribution is 5.77. The Morgan fingerprint density at radius 2 is 2.35 bits per heavy atom. The molecule has 0 radical (unpaired) electrons. The first kappa shape index (κ1) is 12.8. The fraction of sp³-hybridized carbons (Fsp3) is 0.917. The van der Waals surface area contributed by atoms with Crippen molar-refractivity contribution in [3.8, 4) is 0 Å². The second-order valence-electron chi connectivity index (χ2n) is 5.19. The summed E-state index contributed by atoms with van der Waals surface area (Å²) in [6, 6.07) is 0. The smallest absolute Gasteiger partial charge is 0.236 e. The van der Waals surface area contributed by atoms with Crippen LogP contribution in [0.5, 0.6) is 0 Å². The predicted molar refractivity (Wildman–Crippen MR) is 65.9 cm³/mol. The Hall–Kier alpha value is -0.650. The lowest BCUT2D eigenvalue weighted by atomic mass is 9.94. The number of ether oxygens (including phenoxy) is 1. The maximum atomic E-state index is 11.7. The van der Waals surface area contributed by atoms with Crippen LogP contribution in [0.3, 0.4) is 0 Å². The molecule has 98 valence electrons. The van der Waals surface area contributed by atoms with Gasteiger partial charge in [0, 0.05) is 39.6 Å². The molecule has 2 aliphatic rings. The zero-order valence-electron chi connectivity index (χ0n) is 10.8. The van der Waals surface area contributed by atoms with E-state index in [4.69, 9.17) is 4.74 Å². The van der Waals surface area contributed by atoms with Gasteiger partial charge in [-0.1, -0.05) is 0 Å². The Balaban J connectivity index is 1.89. The number of amides is 1. The molecule has 1 N–H and O–H groups in total. The van der Waals surface area contributed by atoms with Crippen molar-refractivity contribution in [2.45, 2.75) is 12.5 Å². The molecule has 0 aromatic rings. The quantitative estimate of drug-likeness (QED) is 0.700. The van der Waals surface area contributed by atoms with Gasteiger partial charge in [0.25, 0.3) is 0 Å². The van der Waals surface area contributed by atoms with Gasteiger partial charge in [-0.2, -0.15) is 0 Å². The normalized spacial score (nSPS) is 30.5. The summed E-state index contributed by atoms with van der Waals surface area (Å²) in [6.07, 6.45) is 1.49. The number of hydrogen-bond donors (Lipinski definition) is 1. The van der Waals surface area contributed by atoms with E-state index in [1.807, 2.05) is 14.1 Å². The second kappa shape index (κ2) is 5.80. The lowest BCUT2D eigenvalue weighted by Crippen LogP contribution is -2.45. The van der Waals surface area contributed by atoms with Crippen LogP contribution < -0.4 is 5.32 Å². The minimum atomic E-state index is 0.178. The minimum absolute atomic E-state index is 0.178. The molecular weight excluding hydrogens is 218 g/mol. The number of rotatable bonds is 2. The van der Waals surface area contributed by atoms with E-state index in [0.717, 1.165) is 39.2 Å². The van der Waals surface area contributed by atoms with E-state index in [2.05, 4.69) is 10.2 Å². The molecule has 0 aromatic carbocycles. The summed E-state index contributed by atoms with van der Waals surface area (Å²) in [5.74, 6) is 0.756. The van der Waals surface area contributed by atoms with Crippen molar-refractivity contribution in [2.75, 3.05) is 53.4 Å². The van der Waals surface area contributed by atoms with Gasteiger partial charge >= 0.3 is 0 Å². The molecular formula is C12H23N3O2. The van der Waals surface area contributed by atoms with Crippen LogP contribution in [0.4, 0.5) is 0 Å². The van der Waals surface area contributed by atoms with Crippen LogP contribution in [0.2, 0.25) is 0 Å². The van der Waals surface area contributed by atoms with Gasteiger partial charge in [0.1, 0.15) is 0 Å². The van der Waals surface area contributed by atoms with Gasteiger partial charge in [-0.25, -0.2) is 0 Å². The van der Waals surface area contributed by atoms with Gasteiger partial charge in [0.05, 0.1) is 19.3 Å². The molecule has 0 unspecified atom stereocenters. The second-order valence-corrected chi connectivity index (χ2v) is 5.19. The Kier molecular flexibility index (Phi) is 4.36. The van der Waals surface area contributed by atoms with Crippen LogP contribution in [0, 0.1) is 5.92 Å². The number of fused-ring (bicyclic) bond motifs is 1. The topological polar surface area (TPSA) is 44.8 Å². The van der Waals surface area contributed by atoms with E-state index in [1.54, 1.807) is 4.90 Å². The Bertz CT molecular complexity index is 270. The Labute approximate surface area is 103 Å². The summed E-state index contributed by atoms with van der Waals surface area (Å²) in [5.41, 5.74) is 0. The highest BCUT2D eigenvalue weighted by Gasteiger charge is 2.30. The summed E-state index contributed by atoms with van der Waals surface area (Å²) in [4.78, 5) is 15.6. The van der Waals surface area contributed by atoms with Crippen LogP contribution in [0.1, 0.15) is 6.42 Å². The third-order valence-corrected chi connectivity index (χ3v) is 3.65. The molecule has 0 aliphatic carbocycles. The lowest BCUT2D eigenvalue weighted by Gasteiger charge is -2.31. The highest BCUT2D eigenvalue weighted by atomic mass is 16.5. The van der Waals surface area contributed by atoms with E-state index in [9.17, 15) is 4.79 Å². The van der Waals surface area contributed by atoms with E-state index in [1.165, 1.54) is 0 Å². The molecule has 2 fully saturated rings. The minimum Gasteiger partial charge on any atom is -0.375 e. The van der Waals surface area contributed by atoms with E-state index < -0.39 is 0 Å². The number of likely N-dealkylation sites (N-methyl/N-ethyl adjacent to an activating group) is 1. The molecule has 1 amide bonds. The van der Waals surface area contributed by atoms with Crippen molar-refractivity contribution in [2.24, 2.45) is 5.92 Å². The van der Waals surface area contributed by atoms with E-state index in [-0.39, 0.29) is 5.91 Å². The maximum Gasteiger partial charge on any atom is 0.236 e. The van der Waals surface area contributed by atoms with Crippen molar-refractivity contribution < 1.29 is 9.53 Å². The molecule has 5 heteroatoms. The predicted octanol–water partition coefficient (Wildman–Crippen LogP) is -0.615. The van der Waals surface area contributed by atoms with Crippen LogP contribution in [-0.2, 0) is 9.53 Å². The molecule has 2 heterocycles. The molecule has 2 rings (SSSR count). The summed E-state index contributed by atoms with van der Waals surface area (Å²) in [5, 5.41) is 3.37. The van der Waals surface area contributed by atoms with Crippen LogP contribution in [-0.4, -0.2) is 75.2 Å². The molecule has 2 saturated heterocycles. The standard InChI is InChI=1S/C12H23N3O2/c1-14(2)12(16)9-15-5-6-17-11-7-13-4-3-10(11)8-15/h10-11,13H,3-9H2,1-2H3/t10-,11-/m1/s1. The van der Waals surface area contributed by atoms with Gasteiger partial charge in [0.2, 0.25) is 5.91 Å². The van der Waals surface area contributed by atoms with Gasteiger partial charge in [-0.05, 0) is 13.0 Å². The molecule has 17 heavy (non-hydrogen) atoms. The summed E-state index contributed by atoms with van der Waals surface area (Å²) < 4.78 is 5.85. The molecule has 2 aliphatic heterocycles. The number of piperidine rings is 1. The zero-order chi connectivity index (χ0) is 12.3. The first-order valence-corrected chi connectivity index (χ1v) is 6.41. The number of carbonyl (C=O) groups excluding carboxylic acids is 1. The fourth-order valence-corrected chi connectivity index (χ4v) is 2.52. The molecule has 5 nitrogen and oxygen atoms in total. The number of nitrogens with zero attached hydrogens (tertiary/aromatic N) is 2. The van der Waals surface area contributed by atoms with Crippen molar-refractivity contribution >= 4 is 5.91 Å². The lowest BCUT2D eigenvalue weighted by molar-refractivity contribution is -0.130. The third-order valence-electron chi connectivity index (χ3n) is 3.65. The third kappa shape index (κ3) is 3.40. The summed E-state index contributed by atoms with van der Waals surface area (Å²) >= 11 is 0. The van der Waals surface area contributed by atoms with Gasteiger partial charge < -0.3 is 15.0 Å². The molecule has 0 aromatic heterocycles. The van der Waals surface area contributed by atoms with Crippen LogP contribution >= 0.6 is 0 Å². The number of nitrogens with one attached hydrogen (secondary N) is 1. The van der Waals surface area contributed by atoms with E-state index >= 15 is 0 Å². The maximum absolute atomic E-state index is 11.7. The highest BCUT2D eigenvalue weighted by Crippen LogP contribution is 2.20. The van der Waals surface area contributed by atoms with Crippen LogP contribution in [0.15, 0.2) is 0 Å². The average molecular weight is 241 g/mol. The van der Waals surface area contributed by atoms with E-state index in [0.29, 0.717) is 18.6 Å². The first-order chi connectivity index (χ1) is 8.16. The number of carbonyl (C=O) groups is 1. The van der Waals surface area contributed by atoms with Crippen molar-refractivity contribution in [3.05, 3.63) is 0 Å². The molecule has 2 atom stereocenters. The van der Waals surface area contributed by atoms with Gasteiger partial charge in [-0.3, -0.25) is 9.69 Å². The van der Waals surface area contributed by atoms with Crippen molar-refractivity contribution in [1.82, 2.24) is 15.1 Å². The van der Waals surface area contributed by atoms with Crippen molar-refractivity contribution in [1.29, 1.82) is 0 Å². The van der Waals surface area contributed by atoms with Crippen LogP contribution in [0.25, 0.3) is 0 Å². The number of hydrogen-bond acceptors (Lipinski definition) is 4. The Morgan fingerprint density at radius 1 is 1.53 bits per heavy atom. The Morgan fingerprint density at radius 3 is 3.12 bits per heavy atom. The molecule has 0 saturated carbocycles. The zero-order valence-corrected chi connectivity index (χ0v) is 10.8.